The van der Waals surface area contributed by atoms with Gasteiger partial charge in [-0.05, 0) is 48.9 Å². The van der Waals surface area contributed by atoms with Crippen molar-refractivity contribution in [1.82, 2.24) is 14.9 Å². The molecule has 1 saturated heterocycles. The van der Waals surface area contributed by atoms with Gasteiger partial charge >= 0.3 is 0 Å². The number of amides is 2. The van der Waals surface area contributed by atoms with Crippen LogP contribution in [0.15, 0.2) is 41.3 Å². The van der Waals surface area contributed by atoms with Crippen molar-refractivity contribution < 1.29 is 18.0 Å². The zero-order valence-corrected chi connectivity index (χ0v) is 15.5. The topological polar surface area (TPSA) is 95.6 Å². The number of hydrogen-bond donors (Lipinski definition) is 2. The highest BCUT2D eigenvalue weighted by Crippen LogP contribution is 2.33. The second-order valence-electron chi connectivity index (χ2n) is 6.70. The Kier molecular flexibility index (Phi) is 5.43. The summed E-state index contributed by atoms with van der Waals surface area (Å²) in [6, 6.07) is 5.84. The quantitative estimate of drug-likeness (QED) is 0.740. The number of carbonyl (C=O) groups excluding carboxylic acids is 2. The lowest BCUT2D eigenvalue weighted by Gasteiger charge is -2.17. The van der Waals surface area contributed by atoms with Gasteiger partial charge in [-0.2, -0.15) is 0 Å². The molecule has 26 heavy (non-hydrogen) atoms. The standard InChI is InChI=1S/C18H23N3O4S/c1-19-17(22)10-20-26(24,25)16-8-6-13(7-9-16)18(23)21-11-14-4-2-3-5-15(14)12-21/h2-3,6-9,14-15,20H,4-5,10-12H2,1H3,(H,19,22)/t14-,15+. The van der Waals surface area contributed by atoms with Crippen molar-refractivity contribution in [2.24, 2.45) is 11.8 Å². The van der Waals surface area contributed by atoms with E-state index in [4.69, 9.17) is 0 Å². The lowest BCUT2D eigenvalue weighted by atomic mass is 9.86. The van der Waals surface area contributed by atoms with Gasteiger partial charge < -0.3 is 10.2 Å². The van der Waals surface area contributed by atoms with Crippen LogP contribution in [0.2, 0.25) is 0 Å². The van der Waals surface area contributed by atoms with Crippen molar-refractivity contribution in [3.8, 4) is 0 Å². The molecule has 140 valence electrons. The average Bonchev–Trinajstić information content (AvgIpc) is 3.10. The first kappa shape index (κ1) is 18.6. The van der Waals surface area contributed by atoms with Crippen LogP contribution in [-0.2, 0) is 14.8 Å². The minimum atomic E-state index is -3.79. The molecule has 8 heteroatoms. The van der Waals surface area contributed by atoms with Gasteiger partial charge in [-0.15, -0.1) is 0 Å². The number of likely N-dealkylation sites (tertiary alicyclic amines) is 1. The van der Waals surface area contributed by atoms with Gasteiger partial charge in [0.2, 0.25) is 15.9 Å². The van der Waals surface area contributed by atoms with E-state index in [2.05, 4.69) is 22.2 Å². The molecule has 0 aromatic heterocycles. The van der Waals surface area contributed by atoms with E-state index in [0.29, 0.717) is 17.4 Å². The number of hydrogen-bond acceptors (Lipinski definition) is 4. The summed E-state index contributed by atoms with van der Waals surface area (Å²) < 4.78 is 26.6. The predicted octanol–water partition coefficient (Wildman–Crippen LogP) is 0.749. The van der Waals surface area contributed by atoms with Crippen molar-refractivity contribution in [3.05, 3.63) is 42.0 Å². The van der Waals surface area contributed by atoms with Gasteiger partial charge in [0.25, 0.3) is 5.91 Å². The molecule has 3 rings (SSSR count). The molecular weight excluding hydrogens is 354 g/mol. The fraction of sp³-hybridized carbons (Fsp3) is 0.444. The molecule has 7 nitrogen and oxygen atoms in total. The highest BCUT2D eigenvalue weighted by atomic mass is 32.2. The van der Waals surface area contributed by atoms with Crippen LogP contribution in [0.25, 0.3) is 0 Å². The number of benzene rings is 1. The van der Waals surface area contributed by atoms with Crippen molar-refractivity contribution in [1.29, 1.82) is 0 Å². The number of carbonyl (C=O) groups is 2. The molecular formula is C18H23N3O4S. The number of likely N-dealkylation sites (N-methyl/N-ethyl adjacent to an activating group) is 1. The lowest BCUT2D eigenvalue weighted by molar-refractivity contribution is -0.119. The summed E-state index contributed by atoms with van der Waals surface area (Å²) in [7, 11) is -2.36. The minimum Gasteiger partial charge on any atom is -0.358 e. The molecule has 2 amide bonds. The molecule has 2 N–H and O–H groups in total. The summed E-state index contributed by atoms with van der Waals surface area (Å²) in [5.74, 6) is 0.557. The smallest absolute Gasteiger partial charge is 0.253 e. The highest BCUT2D eigenvalue weighted by molar-refractivity contribution is 7.89. The molecule has 2 aliphatic rings. The van der Waals surface area contributed by atoms with E-state index in [1.807, 2.05) is 4.90 Å². The summed E-state index contributed by atoms with van der Waals surface area (Å²) >= 11 is 0. The van der Waals surface area contributed by atoms with Crippen LogP contribution < -0.4 is 10.0 Å². The second kappa shape index (κ2) is 7.59. The van der Waals surface area contributed by atoms with Gasteiger partial charge in [0, 0.05) is 25.7 Å². The third-order valence-electron chi connectivity index (χ3n) is 5.02. The lowest BCUT2D eigenvalue weighted by Crippen LogP contribution is -2.35. The van der Waals surface area contributed by atoms with Gasteiger partial charge in [-0.1, -0.05) is 12.2 Å². The molecule has 0 saturated carbocycles. The molecule has 0 unspecified atom stereocenters. The molecule has 0 bridgehead atoms. The Bertz CT molecular complexity index is 801. The van der Waals surface area contributed by atoms with Crippen LogP contribution in [0, 0.1) is 11.8 Å². The van der Waals surface area contributed by atoms with Gasteiger partial charge in [0.1, 0.15) is 0 Å². The third kappa shape index (κ3) is 3.96. The highest BCUT2D eigenvalue weighted by Gasteiger charge is 2.35. The third-order valence-corrected chi connectivity index (χ3v) is 6.44. The van der Waals surface area contributed by atoms with Crippen molar-refractivity contribution in [2.75, 3.05) is 26.7 Å². The molecule has 2 atom stereocenters. The maximum Gasteiger partial charge on any atom is 0.253 e. The number of sulfonamides is 1. The fourth-order valence-electron chi connectivity index (χ4n) is 3.47. The number of rotatable bonds is 5. The largest absolute Gasteiger partial charge is 0.358 e. The van der Waals surface area contributed by atoms with Gasteiger partial charge in [0.15, 0.2) is 0 Å². The SMILES string of the molecule is CNC(=O)CNS(=O)(=O)c1ccc(C(=O)N2C[C@H]3CC=CC[C@H]3C2)cc1. The van der Waals surface area contributed by atoms with E-state index in [1.165, 1.54) is 31.3 Å². The van der Waals surface area contributed by atoms with Gasteiger partial charge in [-0.3, -0.25) is 9.59 Å². The monoisotopic (exact) mass is 377 g/mol. The van der Waals surface area contributed by atoms with Crippen LogP contribution in [0.1, 0.15) is 23.2 Å². The first-order valence-corrected chi connectivity index (χ1v) is 10.1. The Morgan fingerprint density at radius 2 is 1.65 bits per heavy atom. The predicted molar refractivity (Wildman–Crippen MR) is 97.0 cm³/mol. The van der Waals surface area contributed by atoms with Gasteiger partial charge in [0.05, 0.1) is 11.4 Å². The van der Waals surface area contributed by atoms with E-state index in [9.17, 15) is 18.0 Å². The summed E-state index contributed by atoms with van der Waals surface area (Å²) in [6.45, 7) is 1.17. The zero-order chi connectivity index (χ0) is 18.7. The Labute approximate surface area is 153 Å². The molecule has 1 heterocycles. The second-order valence-corrected chi connectivity index (χ2v) is 8.46. The molecule has 1 fully saturated rings. The molecule has 1 aromatic rings. The van der Waals surface area contributed by atoms with E-state index >= 15 is 0 Å². The summed E-state index contributed by atoms with van der Waals surface area (Å²) in [4.78, 5) is 25.8. The first-order chi connectivity index (χ1) is 12.4. The summed E-state index contributed by atoms with van der Waals surface area (Å²) in [6.07, 6.45) is 6.40. The number of allylic oxidation sites excluding steroid dienone is 2. The molecule has 0 radical (unpaired) electrons. The Morgan fingerprint density at radius 3 is 2.19 bits per heavy atom. The molecule has 0 spiro atoms. The average molecular weight is 377 g/mol. The van der Waals surface area contributed by atoms with Crippen LogP contribution in [0.5, 0.6) is 0 Å². The number of nitrogens with one attached hydrogen (secondary N) is 2. The summed E-state index contributed by atoms with van der Waals surface area (Å²) in [5, 5.41) is 2.34. The van der Waals surface area contributed by atoms with Crippen molar-refractivity contribution in [3.63, 3.8) is 0 Å². The minimum absolute atomic E-state index is 0.0252. The number of fused-ring (bicyclic) bond motifs is 1. The van der Waals surface area contributed by atoms with Crippen molar-refractivity contribution >= 4 is 21.8 Å². The van der Waals surface area contributed by atoms with Gasteiger partial charge in [-0.25, -0.2) is 13.1 Å². The van der Waals surface area contributed by atoms with Crippen LogP contribution in [0.3, 0.4) is 0 Å². The number of nitrogens with zero attached hydrogens (tertiary/aromatic N) is 1. The zero-order valence-electron chi connectivity index (χ0n) is 14.6. The van der Waals surface area contributed by atoms with E-state index in [-0.39, 0.29) is 17.3 Å². The normalized spacial score (nSPS) is 22.1. The van der Waals surface area contributed by atoms with E-state index in [1.54, 1.807) is 0 Å². The maximum atomic E-state index is 12.7. The van der Waals surface area contributed by atoms with Crippen LogP contribution in [-0.4, -0.2) is 51.8 Å². The van der Waals surface area contributed by atoms with E-state index in [0.717, 1.165) is 25.9 Å². The summed E-state index contributed by atoms with van der Waals surface area (Å²) in [5.41, 5.74) is 0.474. The Balaban J connectivity index is 1.66. The maximum absolute atomic E-state index is 12.7. The van der Waals surface area contributed by atoms with Crippen LogP contribution in [0.4, 0.5) is 0 Å². The van der Waals surface area contributed by atoms with Crippen LogP contribution >= 0.6 is 0 Å². The molecule has 1 aromatic carbocycles. The molecule has 1 aliphatic heterocycles. The molecule has 1 aliphatic carbocycles. The van der Waals surface area contributed by atoms with E-state index < -0.39 is 15.9 Å². The van der Waals surface area contributed by atoms with Crippen molar-refractivity contribution in [2.45, 2.75) is 17.7 Å². The fourth-order valence-corrected chi connectivity index (χ4v) is 4.45. The Hall–Kier alpha value is -2.19. The first-order valence-electron chi connectivity index (χ1n) is 8.65. The Morgan fingerprint density at radius 1 is 1.08 bits per heavy atom.